The first-order valence-electron chi connectivity index (χ1n) is 10.5. The molecule has 2 unspecified atom stereocenters. The van der Waals surface area contributed by atoms with Gasteiger partial charge in [-0.2, -0.15) is 0 Å². The van der Waals surface area contributed by atoms with Crippen LogP contribution in [0.25, 0.3) is 0 Å². The number of rotatable bonds is 6. The van der Waals surface area contributed by atoms with Crippen molar-refractivity contribution < 1.29 is 19.4 Å². The minimum atomic E-state index is -1.87. The lowest BCUT2D eigenvalue weighted by atomic mass is 9.88. The van der Waals surface area contributed by atoms with E-state index in [1.54, 1.807) is 41.3 Å². The van der Waals surface area contributed by atoms with Gasteiger partial charge in [0.15, 0.2) is 11.4 Å². The number of amides is 1. The molecule has 0 aliphatic carbocycles. The molecular weight excluding hydrogens is 380 g/mol. The van der Waals surface area contributed by atoms with E-state index in [0.29, 0.717) is 35.3 Å². The second-order valence-corrected chi connectivity index (χ2v) is 8.24. The van der Waals surface area contributed by atoms with E-state index in [0.717, 1.165) is 19.4 Å². The van der Waals surface area contributed by atoms with Gasteiger partial charge in [-0.3, -0.25) is 19.4 Å². The highest BCUT2D eigenvalue weighted by atomic mass is 16.5. The molecule has 30 heavy (non-hydrogen) atoms. The molecule has 6 nitrogen and oxygen atoms in total. The maximum absolute atomic E-state index is 13.4. The monoisotopic (exact) mass is 408 g/mol. The van der Waals surface area contributed by atoms with Crippen LogP contribution in [0.5, 0.6) is 5.75 Å². The normalized spacial score (nSPS) is 24.0. The van der Waals surface area contributed by atoms with Crippen LogP contribution in [0.1, 0.15) is 48.5 Å². The quantitative estimate of drug-likeness (QED) is 0.743. The molecule has 0 bridgehead atoms. The van der Waals surface area contributed by atoms with Crippen LogP contribution in [0.3, 0.4) is 0 Å². The molecule has 2 aromatic rings. The molecule has 0 radical (unpaired) electrons. The van der Waals surface area contributed by atoms with Crippen molar-refractivity contribution in [2.45, 2.75) is 44.2 Å². The number of Topliss-reactive ketones (excluding diaryl/α,β-unsaturated/α-hetero) is 1. The number of hydrogen-bond acceptors (Lipinski definition) is 5. The second-order valence-electron chi connectivity index (χ2n) is 8.24. The van der Waals surface area contributed by atoms with Gasteiger partial charge in [-0.25, -0.2) is 0 Å². The Bertz CT molecular complexity index is 960. The number of nitrogens with zero attached hydrogens (tertiary/aromatic N) is 2. The Morgan fingerprint density at radius 2 is 2.00 bits per heavy atom. The number of para-hydroxylation sites is 1. The molecule has 1 N–H and O–H groups in total. The number of benzene rings is 2. The number of fused-ring (bicyclic) bond motifs is 1. The number of carbonyl (C=O) groups excluding carboxylic acids is 2. The van der Waals surface area contributed by atoms with Crippen LogP contribution in [-0.2, 0) is 10.4 Å². The lowest BCUT2D eigenvalue weighted by Gasteiger charge is -2.36. The summed E-state index contributed by atoms with van der Waals surface area (Å²) in [5, 5.41) is 11.5. The molecule has 6 heteroatoms. The molecule has 4 rings (SSSR count). The zero-order chi connectivity index (χ0) is 21.3. The van der Waals surface area contributed by atoms with Crippen LogP contribution < -0.4 is 9.64 Å². The van der Waals surface area contributed by atoms with Crippen molar-refractivity contribution in [3.8, 4) is 5.75 Å². The summed E-state index contributed by atoms with van der Waals surface area (Å²) in [5.41, 5.74) is -0.274. The largest absolute Gasteiger partial charge is 0.497 e. The highest BCUT2D eigenvalue weighted by Crippen LogP contribution is 2.43. The van der Waals surface area contributed by atoms with Gasteiger partial charge in [0.1, 0.15) is 5.75 Å². The highest BCUT2D eigenvalue weighted by Gasteiger charge is 2.51. The molecule has 2 aliphatic rings. The molecule has 1 saturated heterocycles. The van der Waals surface area contributed by atoms with E-state index in [2.05, 4.69) is 11.8 Å². The summed E-state index contributed by atoms with van der Waals surface area (Å²) in [6.07, 6.45) is 3.10. The molecule has 2 aliphatic heterocycles. The SMILES string of the molecule is COc1cccc(C(=O)CC2(O)C(=O)N(CN3CCCCC3C)c3ccccc32)c1. The average Bonchev–Trinajstić information content (AvgIpc) is 2.97. The van der Waals surface area contributed by atoms with Gasteiger partial charge < -0.3 is 9.84 Å². The number of methoxy groups -OCH3 is 1. The van der Waals surface area contributed by atoms with Gasteiger partial charge in [0.05, 0.1) is 25.9 Å². The van der Waals surface area contributed by atoms with Gasteiger partial charge in [-0.15, -0.1) is 0 Å². The third-order valence-electron chi connectivity index (χ3n) is 6.31. The van der Waals surface area contributed by atoms with Crippen LogP contribution in [0.2, 0.25) is 0 Å². The van der Waals surface area contributed by atoms with Gasteiger partial charge >= 0.3 is 0 Å². The third kappa shape index (κ3) is 3.61. The summed E-state index contributed by atoms with van der Waals surface area (Å²) in [4.78, 5) is 30.3. The summed E-state index contributed by atoms with van der Waals surface area (Å²) in [5.74, 6) is -0.169. The minimum absolute atomic E-state index is 0.298. The molecule has 2 heterocycles. The van der Waals surface area contributed by atoms with E-state index < -0.39 is 11.5 Å². The summed E-state index contributed by atoms with van der Waals surface area (Å²) in [7, 11) is 1.54. The molecule has 158 valence electrons. The van der Waals surface area contributed by atoms with Crippen molar-refractivity contribution >= 4 is 17.4 Å². The first kappa shape index (κ1) is 20.6. The van der Waals surface area contributed by atoms with Crippen LogP contribution in [-0.4, -0.2) is 48.1 Å². The molecule has 2 aromatic carbocycles. The summed E-state index contributed by atoms with van der Waals surface area (Å²) >= 11 is 0. The number of hydrogen-bond donors (Lipinski definition) is 1. The molecule has 0 aromatic heterocycles. The van der Waals surface area contributed by atoms with E-state index in [-0.39, 0.29) is 12.2 Å². The summed E-state index contributed by atoms with van der Waals surface area (Å²) < 4.78 is 5.19. The lowest BCUT2D eigenvalue weighted by molar-refractivity contribution is -0.136. The Morgan fingerprint density at radius 3 is 2.77 bits per heavy atom. The van der Waals surface area contributed by atoms with Gasteiger partial charge in [-0.05, 0) is 38.0 Å². The second kappa shape index (κ2) is 8.20. The number of piperidine rings is 1. The number of anilines is 1. The van der Waals surface area contributed by atoms with E-state index in [4.69, 9.17) is 4.74 Å². The molecular formula is C24H28N2O4. The minimum Gasteiger partial charge on any atom is -0.497 e. The van der Waals surface area contributed by atoms with Crippen LogP contribution in [0, 0.1) is 0 Å². The summed E-state index contributed by atoms with van der Waals surface area (Å²) in [6, 6.07) is 14.4. The fraction of sp³-hybridized carbons (Fsp3) is 0.417. The molecule has 1 amide bonds. The Morgan fingerprint density at radius 1 is 1.20 bits per heavy atom. The van der Waals surface area contributed by atoms with Gasteiger partial charge in [0.25, 0.3) is 5.91 Å². The van der Waals surface area contributed by atoms with Crippen LogP contribution in [0.15, 0.2) is 48.5 Å². The molecule has 2 atom stereocenters. The van der Waals surface area contributed by atoms with E-state index in [1.165, 1.54) is 13.5 Å². The zero-order valence-corrected chi connectivity index (χ0v) is 17.5. The average molecular weight is 408 g/mol. The first-order chi connectivity index (χ1) is 14.4. The Kier molecular flexibility index (Phi) is 5.62. The zero-order valence-electron chi connectivity index (χ0n) is 17.5. The standard InChI is InChI=1S/C24H28N2O4/c1-17-8-5-6-13-25(17)16-26-21-12-4-3-11-20(21)24(29,23(26)28)15-22(27)18-9-7-10-19(14-18)30-2/h3-4,7,9-12,14,17,29H,5-6,8,13,15-16H2,1-2H3. The fourth-order valence-electron chi connectivity index (χ4n) is 4.50. The number of ketones is 1. The van der Waals surface area contributed by atoms with Crippen LogP contribution in [0.4, 0.5) is 5.69 Å². The highest BCUT2D eigenvalue weighted by molar-refractivity contribution is 6.10. The van der Waals surface area contributed by atoms with Crippen LogP contribution >= 0.6 is 0 Å². The smallest absolute Gasteiger partial charge is 0.265 e. The Labute approximate surface area is 177 Å². The van der Waals surface area contributed by atoms with Gasteiger partial charge in [-0.1, -0.05) is 36.8 Å². The van der Waals surface area contributed by atoms with Crippen molar-refractivity contribution in [2.75, 3.05) is 25.2 Å². The number of ether oxygens (including phenoxy) is 1. The first-order valence-corrected chi connectivity index (χ1v) is 10.5. The van der Waals surface area contributed by atoms with Gasteiger partial charge in [0.2, 0.25) is 0 Å². The lowest BCUT2D eigenvalue weighted by Crippen LogP contribution is -2.49. The fourth-order valence-corrected chi connectivity index (χ4v) is 4.50. The molecule has 1 fully saturated rings. The van der Waals surface area contributed by atoms with Crippen molar-refractivity contribution in [3.63, 3.8) is 0 Å². The van der Waals surface area contributed by atoms with E-state index in [1.807, 2.05) is 12.1 Å². The van der Waals surface area contributed by atoms with Gasteiger partial charge in [0, 0.05) is 23.7 Å². The van der Waals surface area contributed by atoms with Crippen molar-refractivity contribution in [3.05, 3.63) is 59.7 Å². The number of likely N-dealkylation sites (tertiary alicyclic amines) is 1. The Balaban J connectivity index is 1.62. The predicted octanol–water partition coefficient (Wildman–Crippen LogP) is 3.33. The number of aliphatic hydroxyl groups is 1. The van der Waals surface area contributed by atoms with Crippen molar-refractivity contribution in [2.24, 2.45) is 0 Å². The molecule has 0 saturated carbocycles. The van der Waals surface area contributed by atoms with Crippen molar-refractivity contribution in [1.29, 1.82) is 0 Å². The van der Waals surface area contributed by atoms with E-state index in [9.17, 15) is 14.7 Å². The van der Waals surface area contributed by atoms with Crippen molar-refractivity contribution in [1.82, 2.24) is 4.90 Å². The topological polar surface area (TPSA) is 70.1 Å². The predicted molar refractivity (Wildman–Crippen MR) is 115 cm³/mol. The number of carbonyl (C=O) groups is 2. The Hall–Kier alpha value is -2.70. The third-order valence-corrected chi connectivity index (χ3v) is 6.31. The maximum atomic E-state index is 13.4. The summed E-state index contributed by atoms with van der Waals surface area (Å²) in [6.45, 7) is 3.52. The van der Waals surface area contributed by atoms with E-state index >= 15 is 0 Å². The maximum Gasteiger partial charge on any atom is 0.265 e. The molecule has 0 spiro atoms.